The maximum absolute atomic E-state index is 12.0. The molecule has 1 N–H and O–H groups in total. The van der Waals surface area contributed by atoms with Crippen molar-refractivity contribution in [2.24, 2.45) is 0 Å². The Labute approximate surface area is 114 Å². The first-order valence-corrected chi connectivity index (χ1v) is 6.75. The van der Waals surface area contributed by atoms with Crippen molar-refractivity contribution in [3.8, 4) is 0 Å². The number of anilines is 1. The highest BCUT2D eigenvalue weighted by molar-refractivity contribution is 5.94. The van der Waals surface area contributed by atoms with Gasteiger partial charge in [-0.3, -0.25) is 0 Å². The van der Waals surface area contributed by atoms with E-state index in [9.17, 15) is 4.79 Å². The molecule has 2 atom stereocenters. The third-order valence-electron chi connectivity index (χ3n) is 3.32. The molecule has 1 aromatic heterocycles. The number of pyridine rings is 1. The minimum absolute atomic E-state index is 0.302. The zero-order valence-electron chi connectivity index (χ0n) is 11.7. The van der Waals surface area contributed by atoms with Crippen LogP contribution in [0.2, 0.25) is 0 Å². The Morgan fingerprint density at radius 1 is 1.58 bits per heavy atom. The van der Waals surface area contributed by atoms with E-state index in [2.05, 4.69) is 29.0 Å². The van der Waals surface area contributed by atoms with Crippen LogP contribution in [0.4, 0.5) is 5.82 Å². The van der Waals surface area contributed by atoms with E-state index >= 15 is 0 Å². The zero-order chi connectivity index (χ0) is 13.8. The Morgan fingerprint density at radius 2 is 2.37 bits per heavy atom. The van der Waals surface area contributed by atoms with Crippen molar-refractivity contribution in [2.75, 3.05) is 24.6 Å². The van der Waals surface area contributed by atoms with Crippen LogP contribution in [0.3, 0.4) is 0 Å². The molecule has 2 rings (SSSR count). The number of aromatic nitrogens is 1. The first-order chi connectivity index (χ1) is 9.13. The van der Waals surface area contributed by atoms with Crippen LogP contribution in [-0.2, 0) is 4.74 Å². The van der Waals surface area contributed by atoms with Crippen LogP contribution in [0.25, 0.3) is 0 Å². The smallest absolute Gasteiger partial charge is 0.341 e. The zero-order valence-corrected chi connectivity index (χ0v) is 11.7. The monoisotopic (exact) mass is 263 g/mol. The Kier molecular flexibility index (Phi) is 4.37. The SMILES string of the molecule is CCOC(=O)c1cccnc1N1CC(C)NCC1C. The molecule has 0 aliphatic carbocycles. The fourth-order valence-electron chi connectivity index (χ4n) is 2.31. The minimum atomic E-state index is -0.302. The van der Waals surface area contributed by atoms with Gasteiger partial charge in [-0.25, -0.2) is 9.78 Å². The summed E-state index contributed by atoms with van der Waals surface area (Å²) < 4.78 is 5.10. The lowest BCUT2D eigenvalue weighted by atomic mass is 10.1. The summed E-state index contributed by atoms with van der Waals surface area (Å²) in [6, 6.07) is 4.23. The molecular weight excluding hydrogens is 242 g/mol. The number of rotatable bonds is 3. The van der Waals surface area contributed by atoms with Crippen LogP contribution >= 0.6 is 0 Å². The van der Waals surface area contributed by atoms with Gasteiger partial charge in [0.1, 0.15) is 11.4 Å². The van der Waals surface area contributed by atoms with Crippen LogP contribution in [0.5, 0.6) is 0 Å². The maximum Gasteiger partial charge on any atom is 0.341 e. The number of esters is 1. The Balaban J connectivity index is 2.30. The summed E-state index contributed by atoms with van der Waals surface area (Å²) in [4.78, 5) is 18.6. The van der Waals surface area contributed by atoms with E-state index < -0.39 is 0 Å². The van der Waals surface area contributed by atoms with Crippen molar-refractivity contribution in [3.63, 3.8) is 0 Å². The van der Waals surface area contributed by atoms with Crippen molar-refractivity contribution in [1.29, 1.82) is 0 Å². The molecule has 19 heavy (non-hydrogen) atoms. The maximum atomic E-state index is 12.0. The van der Waals surface area contributed by atoms with Crippen molar-refractivity contribution in [3.05, 3.63) is 23.9 Å². The van der Waals surface area contributed by atoms with Crippen molar-refractivity contribution in [1.82, 2.24) is 10.3 Å². The van der Waals surface area contributed by atoms with Gasteiger partial charge in [-0.2, -0.15) is 0 Å². The number of nitrogens with zero attached hydrogens (tertiary/aromatic N) is 2. The second-order valence-corrected chi connectivity index (χ2v) is 4.91. The molecule has 5 nitrogen and oxygen atoms in total. The Hall–Kier alpha value is -1.62. The number of piperazine rings is 1. The van der Waals surface area contributed by atoms with Crippen molar-refractivity contribution < 1.29 is 9.53 Å². The van der Waals surface area contributed by atoms with Gasteiger partial charge < -0.3 is 15.0 Å². The predicted molar refractivity (Wildman–Crippen MR) is 74.5 cm³/mol. The molecule has 0 aromatic carbocycles. The van der Waals surface area contributed by atoms with Crippen LogP contribution < -0.4 is 10.2 Å². The molecule has 1 aliphatic heterocycles. The van der Waals surface area contributed by atoms with E-state index in [1.807, 2.05) is 6.92 Å². The van der Waals surface area contributed by atoms with Gasteiger partial charge in [0.05, 0.1) is 6.61 Å². The van der Waals surface area contributed by atoms with Gasteiger partial charge in [0.15, 0.2) is 0 Å². The third-order valence-corrected chi connectivity index (χ3v) is 3.32. The standard InChI is InChI=1S/C14H21N3O2/c1-4-19-14(18)12-6-5-7-15-13(12)17-9-10(2)16-8-11(17)3/h5-7,10-11,16H,4,8-9H2,1-3H3. The molecular formula is C14H21N3O2. The number of hydrogen-bond donors (Lipinski definition) is 1. The first-order valence-electron chi connectivity index (χ1n) is 6.75. The Bertz CT molecular complexity index is 450. The van der Waals surface area contributed by atoms with E-state index in [-0.39, 0.29) is 5.97 Å². The van der Waals surface area contributed by atoms with Gasteiger partial charge in [-0.1, -0.05) is 0 Å². The van der Waals surface area contributed by atoms with Crippen LogP contribution in [-0.4, -0.2) is 42.7 Å². The highest BCUT2D eigenvalue weighted by Crippen LogP contribution is 2.22. The lowest BCUT2D eigenvalue weighted by molar-refractivity contribution is 0.0526. The average Bonchev–Trinajstić information content (AvgIpc) is 2.42. The molecule has 0 spiro atoms. The van der Waals surface area contributed by atoms with Crippen LogP contribution in [0.15, 0.2) is 18.3 Å². The lowest BCUT2D eigenvalue weighted by Crippen LogP contribution is -2.55. The second kappa shape index (κ2) is 6.02. The number of nitrogens with one attached hydrogen (secondary N) is 1. The van der Waals surface area contributed by atoms with Gasteiger partial charge >= 0.3 is 5.97 Å². The van der Waals surface area contributed by atoms with E-state index in [0.29, 0.717) is 24.3 Å². The molecule has 1 fully saturated rings. The van der Waals surface area contributed by atoms with Crippen molar-refractivity contribution in [2.45, 2.75) is 32.9 Å². The second-order valence-electron chi connectivity index (χ2n) is 4.91. The van der Waals surface area contributed by atoms with Gasteiger partial charge in [0, 0.05) is 31.4 Å². The van der Waals surface area contributed by atoms with Gasteiger partial charge in [0.25, 0.3) is 0 Å². The molecule has 1 aromatic rings. The molecule has 0 bridgehead atoms. The van der Waals surface area contributed by atoms with Gasteiger partial charge in [0.2, 0.25) is 0 Å². The normalized spacial score (nSPS) is 23.2. The largest absolute Gasteiger partial charge is 0.462 e. The molecule has 0 amide bonds. The van der Waals surface area contributed by atoms with Gasteiger partial charge in [-0.15, -0.1) is 0 Å². The molecule has 0 radical (unpaired) electrons. The molecule has 5 heteroatoms. The van der Waals surface area contributed by atoms with E-state index in [1.54, 1.807) is 18.3 Å². The number of ether oxygens (including phenoxy) is 1. The fraction of sp³-hybridized carbons (Fsp3) is 0.571. The summed E-state index contributed by atoms with van der Waals surface area (Å²) in [6.07, 6.45) is 1.72. The number of carbonyl (C=O) groups excluding carboxylic acids is 1. The molecule has 1 saturated heterocycles. The topological polar surface area (TPSA) is 54.5 Å². The van der Waals surface area contributed by atoms with Gasteiger partial charge in [-0.05, 0) is 32.9 Å². The summed E-state index contributed by atoms with van der Waals surface area (Å²) in [6.45, 7) is 8.17. The van der Waals surface area contributed by atoms with E-state index in [4.69, 9.17) is 4.74 Å². The molecule has 2 heterocycles. The highest BCUT2D eigenvalue weighted by Gasteiger charge is 2.27. The number of hydrogen-bond acceptors (Lipinski definition) is 5. The predicted octanol–water partition coefficient (Wildman–Crippen LogP) is 1.44. The number of carbonyl (C=O) groups is 1. The van der Waals surface area contributed by atoms with E-state index in [1.165, 1.54) is 0 Å². The summed E-state index contributed by atoms with van der Waals surface area (Å²) >= 11 is 0. The summed E-state index contributed by atoms with van der Waals surface area (Å²) in [5.41, 5.74) is 0.547. The lowest BCUT2D eigenvalue weighted by Gasteiger charge is -2.39. The van der Waals surface area contributed by atoms with Crippen LogP contribution in [0.1, 0.15) is 31.1 Å². The fourth-order valence-corrected chi connectivity index (χ4v) is 2.31. The molecule has 104 valence electrons. The Morgan fingerprint density at radius 3 is 3.11 bits per heavy atom. The summed E-state index contributed by atoms with van der Waals surface area (Å²) in [7, 11) is 0. The van der Waals surface area contributed by atoms with Crippen molar-refractivity contribution >= 4 is 11.8 Å². The van der Waals surface area contributed by atoms with E-state index in [0.717, 1.165) is 18.9 Å². The molecule has 2 unspecified atom stereocenters. The highest BCUT2D eigenvalue weighted by atomic mass is 16.5. The van der Waals surface area contributed by atoms with Crippen LogP contribution in [0, 0.1) is 0 Å². The summed E-state index contributed by atoms with van der Waals surface area (Å²) in [5, 5.41) is 3.42. The summed E-state index contributed by atoms with van der Waals surface area (Å²) in [5.74, 6) is 0.422. The average molecular weight is 263 g/mol. The first kappa shape index (κ1) is 13.8. The molecule has 0 saturated carbocycles. The quantitative estimate of drug-likeness (QED) is 0.836. The minimum Gasteiger partial charge on any atom is -0.462 e. The third kappa shape index (κ3) is 3.04. The molecule has 1 aliphatic rings.